The third kappa shape index (κ3) is 2.37. The van der Waals surface area contributed by atoms with Crippen LogP contribution in [0.2, 0.25) is 0 Å². The molecule has 0 aliphatic heterocycles. The molecular formula is C14H22. The molecule has 0 heterocycles. The number of benzene rings is 1. The Morgan fingerprint density at radius 1 is 0.929 bits per heavy atom. The molecule has 0 aliphatic carbocycles. The predicted octanol–water partition coefficient (Wildman–Crippen LogP) is 4.11. The average Bonchev–Trinajstić information content (AvgIpc) is 2.15. The molecular weight excluding hydrogens is 168 g/mol. The highest BCUT2D eigenvalue weighted by Gasteiger charge is 2.14. The normalized spacial score (nSPS) is 11.8. The van der Waals surface area contributed by atoms with Crippen molar-refractivity contribution in [2.45, 2.75) is 52.9 Å². The van der Waals surface area contributed by atoms with Crippen molar-refractivity contribution >= 4 is 0 Å². The summed E-state index contributed by atoms with van der Waals surface area (Å²) in [6.07, 6.45) is 2.29. The van der Waals surface area contributed by atoms with Gasteiger partial charge in [-0.05, 0) is 34.9 Å². The van der Waals surface area contributed by atoms with Crippen molar-refractivity contribution in [3.63, 3.8) is 0 Å². The Balaban J connectivity index is 3.14. The van der Waals surface area contributed by atoms with Gasteiger partial charge in [0.2, 0.25) is 0 Å². The molecule has 0 atom stereocenters. The molecule has 0 nitrogen and oxygen atoms in total. The highest BCUT2D eigenvalue weighted by molar-refractivity contribution is 5.35. The minimum atomic E-state index is 0.274. The Labute approximate surface area is 88.4 Å². The molecule has 1 aromatic carbocycles. The maximum Gasteiger partial charge on any atom is -0.0132 e. The summed E-state index contributed by atoms with van der Waals surface area (Å²) in [7, 11) is 0. The van der Waals surface area contributed by atoms with Gasteiger partial charge in [0.05, 0.1) is 0 Å². The lowest BCUT2D eigenvalue weighted by Gasteiger charge is -2.21. The lowest BCUT2D eigenvalue weighted by atomic mass is 9.84. The fourth-order valence-electron chi connectivity index (χ4n) is 1.77. The topological polar surface area (TPSA) is 0 Å². The zero-order valence-corrected chi connectivity index (χ0v) is 10.1. The molecule has 0 spiro atoms. The molecule has 0 bridgehead atoms. The highest BCUT2D eigenvalue weighted by Crippen LogP contribution is 2.25. The minimum absolute atomic E-state index is 0.274. The molecule has 0 aromatic heterocycles. The smallest absolute Gasteiger partial charge is 0.0132 e. The SMILES string of the molecule is CCc1ccc(C(C)(C)C)cc1CC. The van der Waals surface area contributed by atoms with Crippen molar-refractivity contribution in [1.82, 2.24) is 0 Å². The van der Waals surface area contributed by atoms with Gasteiger partial charge in [-0.3, -0.25) is 0 Å². The third-order valence-electron chi connectivity index (χ3n) is 2.83. The highest BCUT2D eigenvalue weighted by atomic mass is 14.2. The fourth-order valence-corrected chi connectivity index (χ4v) is 1.77. The van der Waals surface area contributed by atoms with E-state index in [0.717, 1.165) is 12.8 Å². The van der Waals surface area contributed by atoms with Gasteiger partial charge in [-0.15, -0.1) is 0 Å². The van der Waals surface area contributed by atoms with E-state index in [-0.39, 0.29) is 5.41 Å². The van der Waals surface area contributed by atoms with E-state index in [1.165, 1.54) is 16.7 Å². The van der Waals surface area contributed by atoms with Crippen molar-refractivity contribution < 1.29 is 0 Å². The quantitative estimate of drug-likeness (QED) is 0.658. The van der Waals surface area contributed by atoms with E-state index in [4.69, 9.17) is 0 Å². The summed E-state index contributed by atoms with van der Waals surface area (Å²) in [6, 6.07) is 6.94. The van der Waals surface area contributed by atoms with Crippen molar-refractivity contribution in [2.75, 3.05) is 0 Å². The Morgan fingerprint density at radius 2 is 1.50 bits per heavy atom. The van der Waals surface area contributed by atoms with Gasteiger partial charge >= 0.3 is 0 Å². The van der Waals surface area contributed by atoms with Crippen LogP contribution < -0.4 is 0 Å². The van der Waals surface area contributed by atoms with Crippen LogP contribution in [-0.2, 0) is 18.3 Å². The predicted molar refractivity (Wildman–Crippen MR) is 63.9 cm³/mol. The third-order valence-corrected chi connectivity index (χ3v) is 2.83. The Morgan fingerprint density at radius 3 is 1.93 bits per heavy atom. The summed E-state index contributed by atoms with van der Waals surface area (Å²) < 4.78 is 0. The summed E-state index contributed by atoms with van der Waals surface area (Å²) in [6.45, 7) is 11.3. The molecule has 0 unspecified atom stereocenters. The van der Waals surface area contributed by atoms with Crippen LogP contribution in [0.5, 0.6) is 0 Å². The van der Waals surface area contributed by atoms with Crippen molar-refractivity contribution in [3.8, 4) is 0 Å². The maximum absolute atomic E-state index is 2.37. The Bertz CT molecular complexity index is 302. The van der Waals surface area contributed by atoms with Crippen molar-refractivity contribution in [2.24, 2.45) is 0 Å². The van der Waals surface area contributed by atoms with Crippen LogP contribution in [0.4, 0.5) is 0 Å². The molecule has 0 N–H and O–H groups in total. The number of rotatable bonds is 2. The first-order valence-corrected chi connectivity index (χ1v) is 5.61. The number of hydrogen-bond acceptors (Lipinski definition) is 0. The van der Waals surface area contributed by atoms with Gasteiger partial charge in [-0.1, -0.05) is 52.8 Å². The molecule has 0 fully saturated rings. The lowest BCUT2D eigenvalue weighted by Crippen LogP contribution is -2.11. The molecule has 0 amide bonds. The van der Waals surface area contributed by atoms with Gasteiger partial charge in [0, 0.05) is 0 Å². The second kappa shape index (κ2) is 4.16. The van der Waals surface area contributed by atoms with Crippen LogP contribution >= 0.6 is 0 Å². The summed E-state index contributed by atoms with van der Waals surface area (Å²) >= 11 is 0. The second-order valence-electron chi connectivity index (χ2n) is 4.94. The van der Waals surface area contributed by atoms with Gasteiger partial charge in [-0.2, -0.15) is 0 Å². The van der Waals surface area contributed by atoms with Crippen molar-refractivity contribution in [3.05, 3.63) is 34.9 Å². The van der Waals surface area contributed by atoms with Crippen LogP contribution in [-0.4, -0.2) is 0 Å². The number of hydrogen-bond donors (Lipinski definition) is 0. The van der Waals surface area contributed by atoms with E-state index < -0.39 is 0 Å². The summed E-state index contributed by atoms with van der Waals surface area (Å²) in [5.41, 5.74) is 4.74. The molecule has 78 valence electrons. The fraction of sp³-hybridized carbons (Fsp3) is 0.571. The summed E-state index contributed by atoms with van der Waals surface area (Å²) in [5, 5.41) is 0. The van der Waals surface area contributed by atoms with E-state index in [9.17, 15) is 0 Å². The second-order valence-corrected chi connectivity index (χ2v) is 4.94. The van der Waals surface area contributed by atoms with Gasteiger partial charge in [0.1, 0.15) is 0 Å². The summed E-state index contributed by atoms with van der Waals surface area (Å²) in [5.74, 6) is 0. The van der Waals surface area contributed by atoms with Gasteiger partial charge in [-0.25, -0.2) is 0 Å². The van der Waals surface area contributed by atoms with Gasteiger partial charge < -0.3 is 0 Å². The minimum Gasteiger partial charge on any atom is -0.0613 e. The molecule has 0 aliphatic rings. The first-order valence-electron chi connectivity index (χ1n) is 5.61. The van der Waals surface area contributed by atoms with Crippen LogP contribution in [0.25, 0.3) is 0 Å². The molecule has 1 rings (SSSR count). The van der Waals surface area contributed by atoms with Gasteiger partial charge in [0.25, 0.3) is 0 Å². The average molecular weight is 190 g/mol. The van der Waals surface area contributed by atoms with E-state index in [2.05, 4.69) is 52.8 Å². The lowest BCUT2D eigenvalue weighted by molar-refractivity contribution is 0.589. The van der Waals surface area contributed by atoms with Crippen LogP contribution in [0.1, 0.15) is 51.3 Å². The van der Waals surface area contributed by atoms with Gasteiger partial charge in [0.15, 0.2) is 0 Å². The first-order chi connectivity index (χ1) is 6.49. The molecule has 0 saturated heterocycles. The zero-order valence-electron chi connectivity index (χ0n) is 10.1. The van der Waals surface area contributed by atoms with E-state index in [1.807, 2.05) is 0 Å². The van der Waals surface area contributed by atoms with E-state index in [0.29, 0.717) is 0 Å². The Hall–Kier alpha value is -0.780. The summed E-state index contributed by atoms with van der Waals surface area (Å²) in [4.78, 5) is 0. The maximum atomic E-state index is 2.37. The van der Waals surface area contributed by atoms with Crippen LogP contribution in [0.3, 0.4) is 0 Å². The number of aryl methyl sites for hydroxylation is 2. The molecule has 0 radical (unpaired) electrons. The Kier molecular flexibility index (Phi) is 3.36. The van der Waals surface area contributed by atoms with E-state index >= 15 is 0 Å². The zero-order chi connectivity index (χ0) is 10.8. The van der Waals surface area contributed by atoms with E-state index in [1.54, 1.807) is 0 Å². The molecule has 14 heavy (non-hydrogen) atoms. The van der Waals surface area contributed by atoms with Crippen molar-refractivity contribution in [1.29, 1.82) is 0 Å². The monoisotopic (exact) mass is 190 g/mol. The molecule has 0 heteroatoms. The van der Waals surface area contributed by atoms with Crippen LogP contribution in [0.15, 0.2) is 18.2 Å². The largest absolute Gasteiger partial charge is 0.0613 e. The van der Waals surface area contributed by atoms with Crippen LogP contribution in [0, 0.1) is 0 Å². The molecule has 1 aromatic rings. The standard InChI is InChI=1S/C14H22/c1-6-11-8-9-13(14(3,4)5)10-12(11)7-2/h8-10H,6-7H2,1-5H3. The first kappa shape index (κ1) is 11.3. The molecule has 0 saturated carbocycles.